The quantitative estimate of drug-likeness (QED) is 0.104. The van der Waals surface area contributed by atoms with Crippen molar-refractivity contribution in [3.8, 4) is 11.5 Å². The average molecular weight is 1030 g/mol. The van der Waals surface area contributed by atoms with Crippen molar-refractivity contribution in [3.05, 3.63) is 96.1 Å². The number of imidazole rings is 2. The van der Waals surface area contributed by atoms with Crippen LogP contribution < -0.4 is 20.1 Å². The zero-order chi connectivity index (χ0) is 53.9. The molecule has 0 spiro atoms. The predicted molar refractivity (Wildman–Crippen MR) is 278 cm³/mol. The number of alkyl halides is 6. The van der Waals surface area contributed by atoms with E-state index < -0.39 is 12.7 Å². The van der Waals surface area contributed by atoms with E-state index in [9.17, 15) is 35.9 Å². The fourth-order valence-corrected chi connectivity index (χ4v) is 11.2. The maximum absolute atomic E-state index is 12.6. The van der Waals surface area contributed by atoms with E-state index in [1.54, 1.807) is 62.3 Å². The maximum atomic E-state index is 12.6. The molecule has 2 heterocycles. The van der Waals surface area contributed by atoms with Gasteiger partial charge in [0.05, 0.1) is 22.1 Å². The Morgan fingerprint density at radius 2 is 0.932 bits per heavy atom. The number of aromatic nitrogens is 4. The first kappa shape index (κ1) is 55.3. The zero-order valence-corrected chi connectivity index (χ0v) is 44.0. The van der Waals surface area contributed by atoms with E-state index in [4.69, 9.17) is 9.97 Å². The van der Waals surface area contributed by atoms with Crippen LogP contribution >= 0.6 is 0 Å². The van der Waals surface area contributed by atoms with Crippen LogP contribution in [-0.2, 0) is 22.4 Å². The number of carbonyl (C=O) groups excluding carboxylic acids is 2. The van der Waals surface area contributed by atoms with Crippen molar-refractivity contribution in [2.24, 2.45) is 22.7 Å². The first-order valence-electron chi connectivity index (χ1n) is 25.3. The number of amides is 2. The van der Waals surface area contributed by atoms with E-state index in [1.165, 1.54) is 24.3 Å². The Labute approximate surface area is 429 Å². The van der Waals surface area contributed by atoms with Crippen LogP contribution in [0.4, 0.5) is 49.6 Å². The number of carbonyl (C=O) groups is 2. The Bertz CT molecular complexity index is 2690. The first-order chi connectivity index (χ1) is 34.6. The smallest absolute Gasteiger partial charge is 0.406 e. The van der Waals surface area contributed by atoms with E-state index in [2.05, 4.69) is 82.9 Å². The second-order valence-electron chi connectivity index (χ2n) is 22.4. The van der Waals surface area contributed by atoms with Gasteiger partial charge >= 0.3 is 12.7 Å². The van der Waals surface area contributed by atoms with Gasteiger partial charge < -0.3 is 39.0 Å². The molecule has 2 aromatic heterocycles. The van der Waals surface area contributed by atoms with E-state index >= 15 is 0 Å². The average Bonchev–Trinajstić information content (AvgIpc) is 3.83. The SMILES string of the molecule is C[C@@H]1C[C@H](n2c(Nc3ccc(OC(F)(F)F)cc3)nc3cc(CCC(=O)N(C)C)ccc32)CC(C)(C)C1.C[C@H]1C[C@@H](n2c(Nc3ccc(OC(F)(F)F)cc3)nc3cc(CCC(=O)N(C)C)ccc32)CC(C)(C)C1. The number of hydrogen-bond acceptors (Lipinski definition) is 8. The largest absolute Gasteiger partial charge is 0.573 e. The van der Waals surface area contributed by atoms with Crippen LogP contribution in [-0.4, -0.2) is 81.6 Å². The van der Waals surface area contributed by atoms with Gasteiger partial charge in [-0.25, -0.2) is 9.97 Å². The van der Waals surface area contributed by atoms with Crippen LogP contribution in [0.3, 0.4) is 0 Å². The molecule has 0 radical (unpaired) electrons. The minimum Gasteiger partial charge on any atom is -0.406 e. The van der Waals surface area contributed by atoms with Crippen LogP contribution in [0.2, 0.25) is 0 Å². The van der Waals surface area contributed by atoms with Gasteiger partial charge in [-0.15, -0.1) is 26.3 Å². The molecule has 2 N–H and O–H groups in total. The lowest BCUT2D eigenvalue weighted by atomic mass is 9.70. The molecular formula is C56H70F6N8O4. The number of nitrogens with one attached hydrogen (secondary N) is 2. The molecule has 4 atom stereocenters. The summed E-state index contributed by atoms with van der Waals surface area (Å²) in [5.74, 6) is 2.00. The summed E-state index contributed by atoms with van der Waals surface area (Å²) < 4.78 is 87.8. The summed E-state index contributed by atoms with van der Waals surface area (Å²) in [6.45, 7) is 13.7. The van der Waals surface area contributed by atoms with Gasteiger partial charge in [0.25, 0.3) is 0 Å². The van der Waals surface area contributed by atoms with Crippen molar-refractivity contribution in [1.29, 1.82) is 0 Å². The zero-order valence-electron chi connectivity index (χ0n) is 44.0. The molecule has 74 heavy (non-hydrogen) atoms. The van der Waals surface area contributed by atoms with Crippen molar-refractivity contribution in [2.75, 3.05) is 38.8 Å². The third-order valence-corrected chi connectivity index (χ3v) is 13.9. The molecule has 0 bridgehead atoms. The lowest BCUT2D eigenvalue weighted by Gasteiger charge is -2.40. The van der Waals surface area contributed by atoms with E-state index in [-0.39, 0.29) is 46.2 Å². The van der Waals surface area contributed by atoms with Crippen LogP contribution in [0, 0.1) is 22.7 Å². The molecule has 6 aromatic rings. The highest BCUT2D eigenvalue weighted by molar-refractivity contribution is 5.83. The molecule has 2 aliphatic rings. The minimum absolute atomic E-state index is 0.0735. The van der Waals surface area contributed by atoms with Gasteiger partial charge in [-0.2, -0.15) is 0 Å². The van der Waals surface area contributed by atoms with Gasteiger partial charge in [0.2, 0.25) is 23.7 Å². The van der Waals surface area contributed by atoms with Gasteiger partial charge in [0.15, 0.2) is 0 Å². The molecule has 2 amide bonds. The molecule has 400 valence electrons. The van der Waals surface area contributed by atoms with Crippen molar-refractivity contribution in [3.63, 3.8) is 0 Å². The predicted octanol–water partition coefficient (Wildman–Crippen LogP) is 14.2. The molecule has 0 saturated heterocycles. The highest BCUT2D eigenvalue weighted by atomic mass is 19.4. The Kier molecular flexibility index (Phi) is 16.6. The number of aryl methyl sites for hydroxylation is 2. The molecule has 2 saturated carbocycles. The fraction of sp³-hybridized carbons (Fsp3) is 0.500. The van der Waals surface area contributed by atoms with Gasteiger partial charge in [-0.05, 0) is 158 Å². The number of anilines is 4. The molecule has 0 unspecified atom stereocenters. The first-order valence-corrected chi connectivity index (χ1v) is 25.3. The van der Waals surface area contributed by atoms with Crippen LogP contribution in [0.25, 0.3) is 22.1 Å². The second-order valence-corrected chi connectivity index (χ2v) is 22.4. The Balaban J connectivity index is 0.000000216. The van der Waals surface area contributed by atoms with Crippen molar-refractivity contribution >= 4 is 57.2 Å². The maximum Gasteiger partial charge on any atom is 0.573 e. The minimum atomic E-state index is -4.73. The Hall–Kier alpha value is -6.46. The fourth-order valence-electron chi connectivity index (χ4n) is 11.2. The van der Waals surface area contributed by atoms with Crippen LogP contribution in [0.5, 0.6) is 11.5 Å². The summed E-state index contributed by atoms with van der Waals surface area (Å²) in [6.07, 6.45) is -1.05. The Morgan fingerprint density at radius 3 is 1.24 bits per heavy atom. The third kappa shape index (κ3) is 14.9. The van der Waals surface area contributed by atoms with Crippen molar-refractivity contribution in [1.82, 2.24) is 28.9 Å². The molecule has 12 nitrogen and oxygen atoms in total. The number of rotatable bonds is 14. The van der Waals surface area contributed by atoms with E-state index in [1.807, 2.05) is 24.3 Å². The lowest BCUT2D eigenvalue weighted by Crippen LogP contribution is -2.29. The normalized spacial score (nSPS) is 19.6. The molecule has 0 aliphatic heterocycles. The van der Waals surface area contributed by atoms with Gasteiger partial charge in [-0.3, -0.25) is 9.59 Å². The van der Waals surface area contributed by atoms with Crippen LogP contribution in [0.1, 0.15) is 116 Å². The van der Waals surface area contributed by atoms with Gasteiger partial charge in [-0.1, -0.05) is 53.7 Å². The van der Waals surface area contributed by atoms with Crippen LogP contribution in [0.15, 0.2) is 84.9 Å². The number of fused-ring (bicyclic) bond motifs is 2. The lowest BCUT2D eigenvalue weighted by molar-refractivity contribution is -0.275. The Morgan fingerprint density at radius 1 is 0.581 bits per heavy atom. The number of nitrogens with zero attached hydrogens (tertiary/aromatic N) is 6. The van der Waals surface area contributed by atoms with Crippen molar-refractivity contribution in [2.45, 2.75) is 131 Å². The molecule has 2 fully saturated rings. The molecular weight excluding hydrogens is 963 g/mol. The highest BCUT2D eigenvalue weighted by Gasteiger charge is 2.37. The number of hydrogen-bond donors (Lipinski definition) is 2. The standard InChI is InChI=1S/2C28H35F3N4O2/c2*1-18-14-21(17-27(2,3)16-18)35-24-12-6-19(7-13-25(36)34(4)5)15-23(24)33-26(35)32-20-8-10-22(11-9-20)37-28(29,30)31/h2*6,8-12,15,18,21H,7,13-14,16-17H2,1-5H3,(H,32,33)/t2*18-,21+/m10/s1. The molecule has 2 aliphatic carbocycles. The topological polar surface area (TPSA) is 119 Å². The summed E-state index contributed by atoms with van der Waals surface area (Å²) in [5.41, 5.74) is 7.30. The molecule has 4 aromatic carbocycles. The third-order valence-electron chi connectivity index (χ3n) is 13.9. The summed E-state index contributed by atoms with van der Waals surface area (Å²) in [4.78, 5) is 37.1. The summed E-state index contributed by atoms with van der Waals surface area (Å²) in [5, 5.41) is 6.66. The number of ether oxygens (including phenoxy) is 2. The highest BCUT2D eigenvalue weighted by Crippen LogP contribution is 2.48. The second kappa shape index (κ2) is 22.2. The van der Waals surface area contributed by atoms with Gasteiger partial charge in [0, 0.05) is 64.5 Å². The van der Waals surface area contributed by atoms with E-state index in [0.717, 1.165) is 71.7 Å². The van der Waals surface area contributed by atoms with Gasteiger partial charge in [0.1, 0.15) is 11.5 Å². The summed E-state index contributed by atoms with van der Waals surface area (Å²) in [6, 6.07) is 24.1. The molecule has 18 heteroatoms. The van der Waals surface area contributed by atoms with Crippen molar-refractivity contribution < 1.29 is 45.4 Å². The number of benzene rings is 4. The van der Waals surface area contributed by atoms with E-state index in [0.29, 0.717) is 60.8 Å². The summed E-state index contributed by atoms with van der Waals surface area (Å²) >= 11 is 0. The summed E-state index contributed by atoms with van der Waals surface area (Å²) in [7, 11) is 7.00. The number of halogens is 6. The molecule has 8 rings (SSSR count). The monoisotopic (exact) mass is 1030 g/mol.